The first-order valence-electron chi connectivity index (χ1n) is 6.49. The third-order valence-corrected chi connectivity index (χ3v) is 4.79. The lowest BCUT2D eigenvalue weighted by atomic mass is 10.1. The standard InChI is InChI=1S/C14H20N2O4S/c1-19-9-7-16(8-10-20-2)21(17,18)12-14-6-4-3-5-13(14)11-15/h3-6H,7-10,12H2,1-2H3. The number of sulfonamides is 1. The van der Waals surface area contributed by atoms with Crippen molar-refractivity contribution in [3.05, 3.63) is 35.4 Å². The number of rotatable bonds is 9. The molecule has 0 spiro atoms. The molecule has 0 aliphatic carbocycles. The van der Waals surface area contributed by atoms with Crippen molar-refractivity contribution in [2.24, 2.45) is 0 Å². The van der Waals surface area contributed by atoms with E-state index >= 15 is 0 Å². The van der Waals surface area contributed by atoms with Gasteiger partial charge in [0, 0.05) is 27.3 Å². The second-order valence-corrected chi connectivity index (χ2v) is 6.38. The Balaban J connectivity index is 2.92. The predicted molar refractivity (Wildman–Crippen MR) is 79.1 cm³/mol. The van der Waals surface area contributed by atoms with Crippen molar-refractivity contribution in [1.29, 1.82) is 5.26 Å². The molecule has 0 aliphatic rings. The summed E-state index contributed by atoms with van der Waals surface area (Å²) in [6.07, 6.45) is 0. The van der Waals surface area contributed by atoms with Gasteiger partial charge < -0.3 is 9.47 Å². The zero-order valence-corrected chi connectivity index (χ0v) is 13.1. The third-order valence-electron chi connectivity index (χ3n) is 2.96. The van der Waals surface area contributed by atoms with Gasteiger partial charge in [0.1, 0.15) is 0 Å². The normalized spacial score (nSPS) is 11.5. The van der Waals surface area contributed by atoms with Gasteiger partial charge >= 0.3 is 0 Å². The summed E-state index contributed by atoms with van der Waals surface area (Å²) in [5.41, 5.74) is 0.874. The van der Waals surface area contributed by atoms with Crippen molar-refractivity contribution in [2.45, 2.75) is 5.75 Å². The molecule has 21 heavy (non-hydrogen) atoms. The molecule has 6 nitrogen and oxygen atoms in total. The smallest absolute Gasteiger partial charge is 0.218 e. The molecule has 0 aliphatic heterocycles. The Kier molecular flexibility index (Phi) is 7.32. The Morgan fingerprint density at radius 2 is 1.71 bits per heavy atom. The summed E-state index contributed by atoms with van der Waals surface area (Å²) in [7, 11) is -0.490. The maximum atomic E-state index is 12.5. The van der Waals surface area contributed by atoms with E-state index in [4.69, 9.17) is 14.7 Å². The van der Waals surface area contributed by atoms with E-state index in [2.05, 4.69) is 0 Å². The van der Waals surface area contributed by atoms with Crippen molar-refractivity contribution in [3.63, 3.8) is 0 Å². The Bertz CT molecular complexity index is 573. The molecule has 0 N–H and O–H groups in total. The lowest BCUT2D eigenvalue weighted by Gasteiger charge is -2.21. The maximum absolute atomic E-state index is 12.5. The van der Waals surface area contributed by atoms with Crippen molar-refractivity contribution in [2.75, 3.05) is 40.5 Å². The van der Waals surface area contributed by atoms with Crippen molar-refractivity contribution >= 4 is 10.0 Å². The van der Waals surface area contributed by atoms with Crippen LogP contribution in [0.3, 0.4) is 0 Å². The van der Waals surface area contributed by atoms with Gasteiger partial charge in [-0.05, 0) is 11.6 Å². The average molecular weight is 312 g/mol. The molecular weight excluding hydrogens is 292 g/mol. The van der Waals surface area contributed by atoms with E-state index in [9.17, 15) is 8.42 Å². The fraction of sp³-hybridized carbons (Fsp3) is 0.500. The number of nitrogens with zero attached hydrogens (tertiary/aromatic N) is 2. The molecule has 1 aromatic carbocycles. The van der Waals surface area contributed by atoms with Gasteiger partial charge in [-0.1, -0.05) is 18.2 Å². The van der Waals surface area contributed by atoms with E-state index in [-0.39, 0.29) is 18.8 Å². The number of nitriles is 1. The second-order valence-electron chi connectivity index (χ2n) is 4.41. The SMILES string of the molecule is COCCN(CCOC)S(=O)(=O)Cc1ccccc1C#N. The van der Waals surface area contributed by atoms with Crippen LogP contribution in [0.5, 0.6) is 0 Å². The number of hydrogen-bond donors (Lipinski definition) is 0. The minimum absolute atomic E-state index is 0.204. The third kappa shape index (κ3) is 5.44. The van der Waals surface area contributed by atoms with Crippen LogP contribution in [0.15, 0.2) is 24.3 Å². The topological polar surface area (TPSA) is 79.6 Å². The van der Waals surface area contributed by atoms with Crippen LogP contribution in [0.2, 0.25) is 0 Å². The van der Waals surface area contributed by atoms with Crippen LogP contribution < -0.4 is 0 Å². The minimum Gasteiger partial charge on any atom is -0.383 e. The number of benzene rings is 1. The Morgan fingerprint density at radius 1 is 1.14 bits per heavy atom. The number of methoxy groups -OCH3 is 2. The van der Waals surface area contributed by atoms with E-state index in [0.29, 0.717) is 24.3 Å². The quantitative estimate of drug-likeness (QED) is 0.679. The van der Waals surface area contributed by atoms with E-state index in [0.717, 1.165) is 0 Å². The minimum atomic E-state index is -3.53. The molecule has 0 aromatic heterocycles. The van der Waals surface area contributed by atoms with Gasteiger partial charge in [-0.15, -0.1) is 0 Å². The van der Waals surface area contributed by atoms with Crippen LogP contribution in [0.1, 0.15) is 11.1 Å². The molecular formula is C14H20N2O4S. The van der Waals surface area contributed by atoms with Gasteiger partial charge in [-0.25, -0.2) is 8.42 Å². The molecule has 0 radical (unpaired) electrons. The molecule has 1 aromatic rings. The van der Waals surface area contributed by atoms with E-state index in [1.54, 1.807) is 24.3 Å². The highest BCUT2D eigenvalue weighted by Gasteiger charge is 2.23. The maximum Gasteiger partial charge on any atom is 0.218 e. The van der Waals surface area contributed by atoms with Crippen molar-refractivity contribution < 1.29 is 17.9 Å². The average Bonchev–Trinajstić information content (AvgIpc) is 2.47. The summed E-state index contributed by atoms with van der Waals surface area (Å²) in [6.45, 7) is 1.14. The van der Waals surface area contributed by atoms with Crippen LogP contribution in [-0.4, -0.2) is 53.2 Å². The van der Waals surface area contributed by atoms with E-state index < -0.39 is 10.0 Å². The van der Waals surface area contributed by atoms with Gasteiger partial charge in [-0.2, -0.15) is 9.57 Å². The lowest BCUT2D eigenvalue weighted by molar-refractivity contribution is 0.150. The second kappa shape index (κ2) is 8.74. The predicted octanol–water partition coefficient (Wildman–Crippen LogP) is 0.983. The molecule has 0 amide bonds. The van der Waals surface area contributed by atoms with Gasteiger partial charge in [0.15, 0.2) is 0 Å². The van der Waals surface area contributed by atoms with Crippen LogP contribution in [-0.2, 0) is 25.2 Å². The summed E-state index contributed by atoms with van der Waals surface area (Å²) < 4.78 is 36.2. The molecule has 0 unspecified atom stereocenters. The highest BCUT2D eigenvalue weighted by molar-refractivity contribution is 7.88. The lowest BCUT2D eigenvalue weighted by Crippen LogP contribution is -2.37. The summed E-state index contributed by atoms with van der Waals surface area (Å²) in [5, 5.41) is 9.04. The molecule has 0 saturated carbocycles. The van der Waals surface area contributed by atoms with Crippen LogP contribution in [0, 0.1) is 11.3 Å². The van der Waals surface area contributed by atoms with E-state index in [1.807, 2.05) is 6.07 Å². The highest BCUT2D eigenvalue weighted by Crippen LogP contribution is 2.14. The summed E-state index contributed by atoms with van der Waals surface area (Å²) in [4.78, 5) is 0. The molecule has 0 atom stereocenters. The Labute approximate surface area is 125 Å². The first kappa shape index (κ1) is 17.6. The fourth-order valence-electron chi connectivity index (χ4n) is 1.82. The van der Waals surface area contributed by atoms with Gasteiger partial charge in [0.25, 0.3) is 0 Å². The molecule has 0 saturated heterocycles. The highest BCUT2D eigenvalue weighted by atomic mass is 32.2. The summed E-state index contributed by atoms with van der Waals surface area (Å²) >= 11 is 0. The molecule has 7 heteroatoms. The zero-order chi connectivity index (χ0) is 15.7. The number of hydrogen-bond acceptors (Lipinski definition) is 5. The first-order valence-corrected chi connectivity index (χ1v) is 8.09. The number of ether oxygens (including phenoxy) is 2. The molecule has 1 rings (SSSR count). The summed E-state index contributed by atoms with van der Waals surface area (Å²) in [6, 6.07) is 8.71. The molecule has 0 fully saturated rings. The van der Waals surface area contributed by atoms with Gasteiger partial charge in [0.2, 0.25) is 10.0 Å². The van der Waals surface area contributed by atoms with Crippen LogP contribution >= 0.6 is 0 Å². The van der Waals surface area contributed by atoms with Crippen molar-refractivity contribution in [1.82, 2.24) is 4.31 Å². The monoisotopic (exact) mass is 312 g/mol. The fourth-order valence-corrected chi connectivity index (χ4v) is 3.35. The van der Waals surface area contributed by atoms with Crippen LogP contribution in [0.25, 0.3) is 0 Å². The first-order chi connectivity index (χ1) is 10.0. The molecule has 0 bridgehead atoms. The van der Waals surface area contributed by atoms with Gasteiger partial charge in [-0.3, -0.25) is 0 Å². The molecule has 116 valence electrons. The zero-order valence-electron chi connectivity index (χ0n) is 12.3. The largest absolute Gasteiger partial charge is 0.383 e. The van der Waals surface area contributed by atoms with E-state index in [1.165, 1.54) is 18.5 Å². The summed E-state index contributed by atoms with van der Waals surface area (Å²) in [5.74, 6) is -0.204. The van der Waals surface area contributed by atoms with Crippen molar-refractivity contribution in [3.8, 4) is 6.07 Å². The Morgan fingerprint density at radius 3 is 2.24 bits per heavy atom. The molecule has 0 heterocycles. The van der Waals surface area contributed by atoms with Crippen LogP contribution in [0.4, 0.5) is 0 Å². The Hall–Kier alpha value is -1.46. The van der Waals surface area contributed by atoms with Gasteiger partial charge in [0.05, 0.1) is 30.6 Å².